The lowest BCUT2D eigenvalue weighted by molar-refractivity contribution is 0.0710. The maximum Gasteiger partial charge on any atom is 0.263 e. The Kier molecular flexibility index (Phi) is 3.42. The van der Waals surface area contributed by atoms with Gasteiger partial charge in [0, 0.05) is 37.1 Å². The van der Waals surface area contributed by atoms with Crippen LogP contribution < -0.4 is 0 Å². The highest BCUT2D eigenvalue weighted by Gasteiger charge is 2.27. The summed E-state index contributed by atoms with van der Waals surface area (Å²) in [6, 6.07) is 10.1. The van der Waals surface area contributed by atoms with Gasteiger partial charge in [0.15, 0.2) is 0 Å². The summed E-state index contributed by atoms with van der Waals surface area (Å²) in [6.45, 7) is 1.64. The average molecular weight is 311 g/mol. The number of fused-ring (bicyclic) bond motifs is 1. The number of amides is 1. The van der Waals surface area contributed by atoms with Crippen LogP contribution in [0.15, 0.2) is 48.1 Å². The number of rotatable bonds is 2. The smallest absolute Gasteiger partial charge is 0.263 e. The van der Waals surface area contributed by atoms with Crippen molar-refractivity contribution in [3.8, 4) is 0 Å². The average Bonchev–Trinajstić information content (AvgIpc) is 3.25. The van der Waals surface area contributed by atoms with Gasteiger partial charge in [0.2, 0.25) is 0 Å². The summed E-state index contributed by atoms with van der Waals surface area (Å²) >= 11 is 1.52. The van der Waals surface area contributed by atoms with Crippen molar-refractivity contribution < 1.29 is 4.79 Å². The first kappa shape index (κ1) is 13.5. The first-order valence-electron chi connectivity index (χ1n) is 7.58. The van der Waals surface area contributed by atoms with E-state index < -0.39 is 0 Å². The van der Waals surface area contributed by atoms with Crippen molar-refractivity contribution in [1.29, 1.82) is 0 Å². The first-order valence-corrected chi connectivity index (χ1v) is 8.45. The van der Waals surface area contributed by atoms with Crippen LogP contribution in [-0.4, -0.2) is 33.3 Å². The molecule has 1 atom stereocenters. The Morgan fingerprint density at radius 2 is 2.23 bits per heavy atom. The van der Waals surface area contributed by atoms with Gasteiger partial charge in [-0.05, 0) is 36.4 Å². The second-order valence-electron chi connectivity index (χ2n) is 5.67. The van der Waals surface area contributed by atoms with Gasteiger partial charge in [-0.2, -0.15) is 0 Å². The molecule has 1 amide bonds. The maximum atomic E-state index is 12.6. The number of thiophene rings is 1. The van der Waals surface area contributed by atoms with Gasteiger partial charge in [-0.3, -0.25) is 4.79 Å². The number of pyridine rings is 1. The minimum Gasteiger partial charge on any atom is -0.337 e. The molecule has 0 saturated carbocycles. The van der Waals surface area contributed by atoms with Crippen LogP contribution in [0.3, 0.4) is 0 Å². The van der Waals surface area contributed by atoms with Crippen molar-refractivity contribution in [2.24, 2.45) is 0 Å². The fourth-order valence-electron chi connectivity index (χ4n) is 3.26. The van der Waals surface area contributed by atoms with Gasteiger partial charge < -0.3 is 9.30 Å². The Hall–Kier alpha value is -2.14. The molecule has 1 fully saturated rings. The molecular formula is C17H17N3OS. The van der Waals surface area contributed by atoms with Crippen LogP contribution in [-0.2, 0) is 0 Å². The van der Waals surface area contributed by atoms with E-state index in [1.54, 1.807) is 0 Å². The molecule has 22 heavy (non-hydrogen) atoms. The lowest BCUT2D eigenvalue weighted by Crippen LogP contribution is -2.39. The number of piperidine rings is 1. The fourth-order valence-corrected chi connectivity index (χ4v) is 3.95. The standard InChI is InChI=1S/C17H17N3OS/c21-17(15-6-3-11-22-15)19-9-2-4-13(12-19)14-5-1-7-16-18-8-10-20(14)16/h1,3,5-8,10-11,13H,2,4,9,12H2/t13-/m0/s1. The first-order chi connectivity index (χ1) is 10.8. The summed E-state index contributed by atoms with van der Waals surface area (Å²) in [5.41, 5.74) is 2.22. The molecule has 1 aliphatic heterocycles. The highest BCUT2D eigenvalue weighted by atomic mass is 32.1. The van der Waals surface area contributed by atoms with E-state index in [-0.39, 0.29) is 5.91 Å². The fraction of sp³-hybridized carbons (Fsp3) is 0.294. The third-order valence-electron chi connectivity index (χ3n) is 4.32. The predicted molar refractivity (Wildman–Crippen MR) is 87.4 cm³/mol. The molecule has 4 heterocycles. The number of carbonyl (C=O) groups excluding carboxylic acids is 1. The van der Waals surface area contributed by atoms with E-state index >= 15 is 0 Å². The van der Waals surface area contributed by atoms with E-state index in [0.717, 1.165) is 36.5 Å². The van der Waals surface area contributed by atoms with Crippen molar-refractivity contribution in [3.05, 3.63) is 58.7 Å². The Balaban J connectivity index is 1.61. The molecule has 112 valence electrons. The van der Waals surface area contributed by atoms with Crippen LogP contribution in [0.1, 0.15) is 34.1 Å². The zero-order chi connectivity index (χ0) is 14.9. The molecule has 5 heteroatoms. The quantitative estimate of drug-likeness (QED) is 0.727. The molecular weight excluding hydrogens is 294 g/mol. The van der Waals surface area contributed by atoms with Crippen LogP contribution in [0.4, 0.5) is 0 Å². The molecule has 0 bridgehead atoms. The Morgan fingerprint density at radius 1 is 1.27 bits per heavy atom. The summed E-state index contributed by atoms with van der Waals surface area (Å²) in [5.74, 6) is 0.535. The highest BCUT2D eigenvalue weighted by molar-refractivity contribution is 7.12. The van der Waals surface area contributed by atoms with Crippen molar-refractivity contribution in [1.82, 2.24) is 14.3 Å². The van der Waals surface area contributed by atoms with Crippen molar-refractivity contribution in [2.45, 2.75) is 18.8 Å². The lowest BCUT2D eigenvalue weighted by atomic mass is 9.94. The highest BCUT2D eigenvalue weighted by Crippen LogP contribution is 2.28. The molecule has 4 nitrogen and oxygen atoms in total. The Labute approximate surface area is 133 Å². The summed E-state index contributed by atoms with van der Waals surface area (Å²) in [4.78, 5) is 19.8. The minimum absolute atomic E-state index is 0.164. The molecule has 3 aromatic heterocycles. The molecule has 1 saturated heterocycles. The van der Waals surface area contributed by atoms with Crippen molar-refractivity contribution >= 4 is 22.9 Å². The molecule has 3 aromatic rings. The van der Waals surface area contributed by atoms with Crippen LogP contribution in [0.5, 0.6) is 0 Å². The summed E-state index contributed by atoms with van der Waals surface area (Å²) in [6.07, 6.45) is 6.00. The van der Waals surface area contributed by atoms with E-state index in [0.29, 0.717) is 5.92 Å². The van der Waals surface area contributed by atoms with Crippen LogP contribution in [0.25, 0.3) is 5.65 Å². The van der Waals surface area contributed by atoms with E-state index in [4.69, 9.17) is 0 Å². The largest absolute Gasteiger partial charge is 0.337 e. The van der Waals surface area contributed by atoms with Gasteiger partial charge in [0.25, 0.3) is 5.91 Å². The number of nitrogens with zero attached hydrogens (tertiary/aromatic N) is 3. The van der Waals surface area contributed by atoms with Crippen molar-refractivity contribution in [3.63, 3.8) is 0 Å². The zero-order valence-electron chi connectivity index (χ0n) is 12.2. The van der Waals surface area contributed by atoms with E-state index in [2.05, 4.69) is 21.5 Å². The Bertz CT molecular complexity index is 793. The number of likely N-dealkylation sites (tertiary alicyclic amines) is 1. The molecule has 4 rings (SSSR count). The van der Waals surface area contributed by atoms with Crippen molar-refractivity contribution in [2.75, 3.05) is 13.1 Å². The monoisotopic (exact) mass is 311 g/mol. The zero-order valence-corrected chi connectivity index (χ0v) is 13.0. The minimum atomic E-state index is 0.164. The second-order valence-corrected chi connectivity index (χ2v) is 6.62. The van der Waals surface area contributed by atoms with E-state index in [9.17, 15) is 4.79 Å². The van der Waals surface area contributed by atoms with Crippen LogP contribution in [0, 0.1) is 0 Å². The maximum absolute atomic E-state index is 12.6. The summed E-state index contributed by atoms with van der Waals surface area (Å²) in [7, 11) is 0. The third kappa shape index (κ3) is 2.31. The van der Waals surface area contributed by atoms with Gasteiger partial charge in [0.1, 0.15) is 5.65 Å². The Morgan fingerprint density at radius 3 is 3.09 bits per heavy atom. The molecule has 1 aliphatic rings. The van der Waals surface area contributed by atoms with Gasteiger partial charge in [-0.15, -0.1) is 11.3 Å². The molecule has 0 aromatic carbocycles. The summed E-state index contributed by atoms with van der Waals surface area (Å²) in [5, 5.41) is 1.96. The summed E-state index contributed by atoms with van der Waals surface area (Å²) < 4.78 is 2.14. The second kappa shape index (κ2) is 5.57. The van der Waals surface area contributed by atoms with Gasteiger partial charge in [-0.25, -0.2) is 4.98 Å². The molecule has 0 spiro atoms. The number of hydrogen-bond acceptors (Lipinski definition) is 3. The number of hydrogen-bond donors (Lipinski definition) is 0. The van der Waals surface area contributed by atoms with Gasteiger partial charge in [0.05, 0.1) is 4.88 Å². The third-order valence-corrected chi connectivity index (χ3v) is 5.18. The van der Waals surface area contributed by atoms with E-state index in [1.165, 1.54) is 17.0 Å². The molecule has 0 N–H and O–H groups in total. The molecule has 0 unspecified atom stereocenters. The molecule has 0 aliphatic carbocycles. The van der Waals surface area contributed by atoms with Crippen LogP contribution >= 0.6 is 11.3 Å². The SMILES string of the molecule is O=C(c1cccs1)N1CCC[C@H](c2cccc3nccn23)C1. The normalized spacial score (nSPS) is 18.7. The van der Waals surface area contributed by atoms with Gasteiger partial charge >= 0.3 is 0 Å². The lowest BCUT2D eigenvalue weighted by Gasteiger charge is -2.33. The molecule has 0 radical (unpaired) electrons. The predicted octanol–water partition coefficient (Wildman–Crippen LogP) is 3.42. The number of aromatic nitrogens is 2. The van der Waals surface area contributed by atoms with E-state index in [1.807, 2.05) is 40.9 Å². The van der Waals surface area contributed by atoms with Gasteiger partial charge in [-0.1, -0.05) is 12.1 Å². The number of imidazole rings is 1. The topological polar surface area (TPSA) is 37.6 Å². The van der Waals surface area contributed by atoms with Crippen LogP contribution in [0.2, 0.25) is 0 Å². The number of carbonyl (C=O) groups is 1.